The van der Waals surface area contributed by atoms with E-state index in [9.17, 15) is 8.78 Å². The molecule has 0 unspecified atom stereocenters. The van der Waals surface area contributed by atoms with Gasteiger partial charge in [0.25, 0.3) is 0 Å². The van der Waals surface area contributed by atoms with Crippen molar-refractivity contribution in [2.24, 2.45) is 0 Å². The maximum absolute atomic E-state index is 13.6. The highest BCUT2D eigenvalue weighted by molar-refractivity contribution is 9.10. The molecule has 0 aliphatic heterocycles. The van der Waals surface area contributed by atoms with Crippen molar-refractivity contribution < 1.29 is 13.5 Å². The molecule has 0 aliphatic carbocycles. The van der Waals surface area contributed by atoms with Crippen LogP contribution in [0, 0.1) is 11.6 Å². The summed E-state index contributed by atoms with van der Waals surface area (Å²) in [5, 5.41) is 0. The molecule has 2 aromatic rings. The summed E-state index contributed by atoms with van der Waals surface area (Å²) < 4.78 is 32.6. The van der Waals surface area contributed by atoms with E-state index in [1.807, 2.05) is 0 Å². The van der Waals surface area contributed by atoms with Crippen LogP contribution < -0.4 is 10.5 Å². The second-order valence-corrected chi connectivity index (χ2v) is 4.53. The minimum Gasteiger partial charge on any atom is -0.489 e. The van der Waals surface area contributed by atoms with Gasteiger partial charge in [-0.25, -0.2) is 8.78 Å². The molecule has 0 saturated carbocycles. The first-order valence-electron chi connectivity index (χ1n) is 5.18. The lowest BCUT2D eigenvalue weighted by Gasteiger charge is -2.09. The number of hydrogen-bond acceptors (Lipinski definition) is 2. The van der Waals surface area contributed by atoms with Crippen molar-refractivity contribution >= 4 is 21.6 Å². The van der Waals surface area contributed by atoms with Gasteiger partial charge in [0.05, 0.1) is 10.0 Å². The van der Waals surface area contributed by atoms with E-state index in [0.717, 1.165) is 0 Å². The summed E-state index contributed by atoms with van der Waals surface area (Å²) in [7, 11) is 0. The van der Waals surface area contributed by atoms with Crippen LogP contribution in [0.25, 0.3) is 0 Å². The Balaban J connectivity index is 2.15. The maximum Gasteiger partial charge on any atom is 0.146 e. The molecule has 18 heavy (non-hydrogen) atoms. The van der Waals surface area contributed by atoms with Gasteiger partial charge >= 0.3 is 0 Å². The van der Waals surface area contributed by atoms with Crippen molar-refractivity contribution in [3.63, 3.8) is 0 Å². The molecule has 0 spiro atoms. The SMILES string of the molecule is Nc1ccc(OCc2c(F)ccc(Br)c2F)cc1. The number of nitrogen functional groups attached to an aromatic ring is 1. The van der Waals surface area contributed by atoms with Crippen LogP contribution >= 0.6 is 15.9 Å². The molecule has 0 aromatic heterocycles. The van der Waals surface area contributed by atoms with Crippen LogP contribution in [0.4, 0.5) is 14.5 Å². The molecule has 0 aliphatic rings. The van der Waals surface area contributed by atoms with Gasteiger partial charge in [-0.05, 0) is 52.3 Å². The van der Waals surface area contributed by atoms with E-state index < -0.39 is 11.6 Å². The number of halogens is 3. The standard InChI is InChI=1S/C13H10BrF2NO/c14-11-5-6-12(15)10(13(11)16)7-18-9-3-1-8(17)2-4-9/h1-6H,7,17H2. The first-order chi connectivity index (χ1) is 8.58. The summed E-state index contributed by atoms with van der Waals surface area (Å²) in [5.41, 5.74) is 6.01. The average Bonchev–Trinajstić information content (AvgIpc) is 2.36. The van der Waals surface area contributed by atoms with E-state index >= 15 is 0 Å². The smallest absolute Gasteiger partial charge is 0.146 e. The molecule has 0 atom stereocenters. The number of benzene rings is 2. The van der Waals surface area contributed by atoms with Crippen molar-refractivity contribution in [2.45, 2.75) is 6.61 Å². The zero-order valence-electron chi connectivity index (χ0n) is 9.29. The first kappa shape index (κ1) is 12.8. The summed E-state index contributed by atoms with van der Waals surface area (Å²) in [6.07, 6.45) is 0. The normalized spacial score (nSPS) is 10.4. The van der Waals surface area contributed by atoms with Crippen molar-refractivity contribution in [1.29, 1.82) is 0 Å². The van der Waals surface area contributed by atoms with Crippen molar-refractivity contribution in [3.8, 4) is 5.75 Å². The Bertz CT molecular complexity index is 558. The first-order valence-corrected chi connectivity index (χ1v) is 5.98. The van der Waals surface area contributed by atoms with Gasteiger partial charge in [0.1, 0.15) is 24.0 Å². The van der Waals surface area contributed by atoms with E-state index in [0.29, 0.717) is 11.4 Å². The third kappa shape index (κ3) is 2.79. The molecule has 0 saturated heterocycles. The van der Waals surface area contributed by atoms with Crippen LogP contribution in [-0.4, -0.2) is 0 Å². The van der Waals surface area contributed by atoms with Gasteiger partial charge in [0, 0.05) is 5.69 Å². The molecule has 0 heterocycles. The van der Waals surface area contributed by atoms with Gasteiger partial charge in [-0.3, -0.25) is 0 Å². The van der Waals surface area contributed by atoms with Crippen LogP contribution in [0.2, 0.25) is 0 Å². The molecule has 0 amide bonds. The predicted octanol–water partition coefficient (Wildman–Crippen LogP) is 3.89. The highest BCUT2D eigenvalue weighted by Gasteiger charge is 2.12. The zero-order valence-corrected chi connectivity index (χ0v) is 10.9. The average molecular weight is 314 g/mol. The minimum atomic E-state index is -0.648. The number of rotatable bonds is 3. The Hall–Kier alpha value is -1.62. The zero-order chi connectivity index (χ0) is 13.1. The Morgan fingerprint density at radius 2 is 1.72 bits per heavy atom. The van der Waals surface area contributed by atoms with Gasteiger partial charge in [-0.1, -0.05) is 0 Å². The third-order valence-corrected chi connectivity index (χ3v) is 3.01. The topological polar surface area (TPSA) is 35.2 Å². The quantitative estimate of drug-likeness (QED) is 0.689. The van der Waals surface area contributed by atoms with Gasteiger partial charge < -0.3 is 10.5 Å². The maximum atomic E-state index is 13.6. The van der Waals surface area contributed by atoms with E-state index in [4.69, 9.17) is 10.5 Å². The summed E-state index contributed by atoms with van der Waals surface area (Å²) in [5.74, 6) is -0.778. The number of ether oxygens (including phenoxy) is 1. The molecular weight excluding hydrogens is 304 g/mol. The lowest BCUT2D eigenvalue weighted by Crippen LogP contribution is -2.02. The van der Waals surface area contributed by atoms with Crippen molar-refractivity contribution in [1.82, 2.24) is 0 Å². The van der Waals surface area contributed by atoms with Crippen LogP contribution in [0.3, 0.4) is 0 Å². The molecule has 2 rings (SSSR count). The molecular formula is C13H10BrF2NO. The number of anilines is 1. The molecule has 5 heteroatoms. The minimum absolute atomic E-state index is 0.110. The fourth-order valence-corrected chi connectivity index (χ4v) is 1.79. The van der Waals surface area contributed by atoms with Crippen molar-refractivity contribution in [2.75, 3.05) is 5.73 Å². The molecule has 0 fully saturated rings. The fraction of sp³-hybridized carbons (Fsp3) is 0.0769. The largest absolute Gasteiger partial charge is 0.489 e. The van der Waals surface area contributed by atoms with E-state index in [1.165, 1.54) is 12.1 Å². The second-order valence-electron chi connectivity index (χ2n) is 3.68. The van der Waals surface area contributed by atoms with Gasteiger partial charge in [-0.2, -0.15) is 0 Å². The number of nitrogens with two attached hydrogens (primary N) is 1. The molecule has 2 aromatic carbocycles. The van der Waals surface area contributed by atoms with Crippen LogP contribution in [0.1, 0.15) is 5.56 Å². The van der Waals surface area contributed by atoms with Gasteiger partial charge in [-0.15, -0.1) is 0 Å². The third-order valence-electron chi connectivity index (χ3n) is 2.40. The summed E-state index contributed by atoms with van der Waals surface area (Å²) in [6.45, 7) is -0.180. The van der Waals surface area contributed by atoms with Gasteiger partial charge in [0.15, 0.2) is 0 Å². The fourth-order valence-electron chi connectivity index (χ4n) is 1.42. The van der Waals surface area contributed by atoms with Crippen LogP contribution in [0.15, 0.2) is 40.9 Å². The van der Waals surface area contributed by atoms with E-state index in [2.05, 4.69) is 15.9 Å². The Morgan fingerprint density at radius 1 is 1.06 bits per heavy atom. The summed E-state index contributed by atoms with van der Waals surface area (Å²) in [4.78, 5) is 0. The molecule has 2 nitrogen and oxygen atoms in total. The van der Waals surface area contributed by atoms with Crippen molar-refractivity contribution in [3.05, 3.63) is 58.1 Å². The highest BCUT2D eigenvalue weighted by Crippen LogP contribution is 2.23. The molecule has 94 valence electrons. The lowest BCUT2D eigenvalue weighted by atomic mass is 10.2. The number of hydrogen-bond donors (Lipinski definition) is 1. The van der Waals surface area contributed by atoms with Crippen LogP contribution in [0.5, 0.6) is 5.75 Å². The summed E-state index contributed by atoms with van der Waals surface area (Å²) >= 11 is 3.00. The lowest BCUT2D eigenvalue weighted by molar-refractivity contribution is 0.292. The monoisotopic (exact) mass is 313 g/mol. The van der Waals surface area contributed by atoms with E-state index in [-0.39, 0.29) is 16.6 Å². The predicted molar refractivity (Wildman–Crippen MR) is 69.2 cm³/mol. The molecule has 2 N–H and O–H groups in total. The van der Waals surface area contributed by atoms with Gasteiger partial charge in [0.2, 0.25) is 0 Å². The molecule has 0 bridgehead atoms. The van der Waals surface area contributed by atoms with Crippen LogP contribution in [-0.2, 0) is 6.61 Å². The van der Waals surface area contributed by atoms with E-state index in [1.54, 1.807) is 24.3 Å². The Morgan fingerprint density at radius 3 is 2.39 bits per heavy atom. The summed E-state index contributed by atoms with van der Waals surface area (Å²) in [6, 6.07) is 9.10. The molecule has 0 radical (unpaired) electrons. The Kier molecular flexibility index (Phi) is 3.81. The Labute approximate surface area is 112 Å². The second kappa shape index (κ2) is 5.35. The highest BCUT2D eigenvalue weighted by atomic mass is 79.9.